The number of benzene rings is 2. The van der Waals surface area contributed by atoms with Crippen molar-refractivity contribution in [3.63, 3.8) is 0 Å². The van der Waals surface area contributed by atoms with Crippen LogP contribution in [0.2, 0.25) is 0 Å². The predicted octanol–water partition coefficient (Wildman–Crippen LogP) is 6.30. The van der Waals surface area contributed by atoms with E-state index < -0.39 is 49.6 Å². The van der Waals surface area contributed by atoms with Crippen LogP contribution in [0.25, 0.3) is 0 Å². The van der Waals surface area contributed by atoms with E-state index in [4.69, 9.17) is 28.1 Å². The summed E-state index contributed by atoms with van der Waals surface area (Å²) in [6.45, 7) is 10.3. The summed E-state index contributed by atoms with van der Waals surface area (Å²) in [5, 5.41) is 1.19. The molecule has 2 aromatic rings. The lowest BCUT2D eigenvalue weighted by molar-refractivity contribution is -0.189. The highest BCUT2D eigenvalue weighted by Crippen LogP contribution is 2.55. The van der Waals surface area contributed by atoms with Gasteiger partial charge in [-0.1, -0.05) is 42.5 Å². The number of esters is 2. The average molecular weight is 636 g/mol. The van der Waals surface area contributed by atoms with Crippen LogP contribution < -0.4 is 4.74 Å². The molecular weight excluding hydrogens is 589 g/mol. The summed E-state index contributed by atoms with van der Waals surface area (Å²) >= 11 is 0. The van der Waals surface area contributed by atoms with Gasteiger partial charge in [0.05, 0.1) is 23.6 Å². The Bertz CT molecular complexity index is 1220. The molecule has 1 atom stereocenters. The number of hydrogen-bond donors (Lipinski definition) is 0. The van der Waals surface area contributed by atoms with Crippen LogP contribution >= 0.6 is 7.60 Å². The SMILES string of the molecule is COc1ccc(CC(CCN(OCc2ccccc2)C(C)=O)P(=O)(OCOC(=O)C(C)(C)C)OCOC(=O)C(C)(C)C)cc1. The summed E-state index contributed by atoms with van der Waals surface area (Å²) < 4.78 is 41.6. The quantitative estimate of drug-likeness (QED) is 0.0898. The van der Waals surface area contributed by atoms with Crippen molar-refractivity contribution in [1.82, 2.24) is 5.06 Å². The van der Waals surface area contributed by atoms with Crippen LogP contribution in [0.3, 0.4) is 0 Å². The van der Waals surface area contributed by atoms with E-state index >= 15 is 0 Å². The van der Waals surface area contributed by atoms with E-state index in [0.717, 1.165) is 11.1 Å². The largest absolute Gasteiger partial charge is 0.497 e. The number of rotatable bonds is 16. The lowest BCUT2D eigenvalue weighted by Gasteiger charge is -2.29. The van der Waals surface area contributed by atoms with Crippen molar-refractivity contribution < 1.29 is 47.0 Å². The van der Waals surface area contributed by atoms with Crippen LogP contribution in [0.1, 0.15) is 66.0 Å². The number of nitrogens with zero attached hydrogens (tertiary/aromatic N) is 1. The molecule has 0 spiro atoms. The second-order valence-corrected chi connectivity index (χ2v) is 14.6. The zero-order valence-electron chi connectivity index (χ0n) is 27.0. The van der Waals surface area contributed by atoms with Crippen molar-refractivity contribution in [3.05, 3.63) is 65.7 Å². The van der Waals surface area contributed by atoms with Gasteiger partial charge in [0.15, 0.2) is 0 Å². The molecule has 12 heteroatoms. The van der Waals surface area contributed by atoms with Gasteiger partial charge in [-0.25, -0.2) is 5.06 Å². The monoisotopic (exact) mass is 635 g/mol. The van der Waals surface area contributed by atoms with Gasteiger partial charge in [0.2, 0.25) is 19.5 Å². The first-order chi connectivity index (χ1) is 20.5. The highest BCUT2D eigenvalue weighted by atomic mass is 31.2. The van der Waals surface area contributed by atoms with E-state index in [1.54, 1.807) is 60.8 Å². The van der Waals surface area contributed by atoms with Crippen molar-refractivity contribution in [3.8, 4) is 5.75 Å². The smallest absolute Gasteiger partial charge is 0.339 e. The standard InChI is InChI=1S/C32H46NO10P/c1-24(34)33(41-21-26-12-10-9-11-13-26)19-18-28(20-25-14-16-27(38-8)17-15-25)44(37,42-22-39-29(35)31(2,3)4)43-23-40-30(36)32(5,6)7/h9-17,28H,18-23H2,1-8H3. The molecule has 0 saturated carbocycles. The first kappa shape index (κ1) is 36.9. The van der Waals surface area contributed by atoms with E-state index in [9.17, 15) is 18.9 Å². The number of carbonyl (C=O) groups excluding carboxylic acids is 3. The fraction of sp³-hybridized carbons (Fsp3) is 0.531. The third kappa shape index (κ3) is 12.4. The molecular formula is C32H46NO10P. The molecule has 0 N–H and O–H groups in total. The third-order valence-electron chi connectivity index (χ3n) is 6.39. The Morgan fingerprint density at radius 1 is 0.795 bits per heavy atom. The number of hydroxylamine groups is 2. The van der Waals surface area contributed by atoms with Crippen LogP contribution in [-0.2, 0) is 55.3 Å². The van der Waals surface area contributed by atoms with Crippen LogP contribution in [0.15, 0.2) is 54.6 Å². The third-order valence-corrected chi connectivity index (χ3v) is 8.66. The molecule has 0 fully saturated rings. The van der Waals surface area contributed by atoms with E-state index in [0.29, 0.717) is 5.75 Å². The molecule has 244 valence electrons. The zero-order chi connectivity index (χ0) is 33.0. The number of ether oxygens (including phenoxy) is 3. The first-order valence-corrected chi connectivity index (χ1v) is 16.0. The molecule has 0 aliphatic carbocycles. The first-order valence-electron chi connectivity index (χ1n) is 14.4. The molecule has 0 saturated heterocycles. The fourth-order valence-corrected chi connectivity index (χ4v) is 5.46. The van der Waals surface area contributed by atoms with E-state index in [-0.39, 0.29) is 31.9 Å². The molecule has 0 aliphatic rings. The summed E-state index contributed by atoms with van der Waals surface area (Å²) in [4.78, 5) is 43.0. The van der Waals surface area contributed by atoms with Gasteiger partial charge in [0.25, 0.3) is 0 Å². The molecule has 0 bridgehead atoms. The van der Waals surface area contributed by atoms with Crippen molar-refractivity contribution in [1.29, 1.82) is 0 Å². The molecule has 0 heterocycles. The summed E-state index contributed by atoms with van der Waals surface area (Å²) in [5.41, 5.74) is -0.859. The van der Waals surface area contributed by atoms with Gasteiger partial charge in [-0.3, -0.25) is 32.8 Å². The number of methoxy groups -OCH3 is 1. The lowest BCUT2D eigenvalue weighted by Crippen LogP contribution is -2.33. The number of amides is 1. The Labute approximate surface area is 260 Å². The molecule has 44 heavy (non-hydrogen) atoms. The maximum absolute atomic E-state index is 14.5. The second-order valence-electron chi connectivity index (χ2n) is 12.3. The fourth-order valence-electron chi connectivity index (χ4n) is 3.70. The van der Waals surface area contributed by atoms with Gasteiger partial charge in [0.1, 0.15) is 12.4 Å². The van der Waals surface area contributed by atoms with Gasteiger partial charge in [-0.2, -0.15) is 0 Å². The summed E-state index contributed by atoms with van der Waals surface area (Å²) in [5.74, 6) is -0.834. The average Bonchev–Trinajstić information content (AvgIpc) is 2.96. The van der Waals surface area contributed by atoms with Gasteiger partial charge in [-0.15, -0.1) is 0 Å². The molecule has 11 nitrogen and oxygen atoms in total. The van der Waals surface area contributed by atoms with Gasteiger partial charge >= 0.3 is 19.5 Å². The molecule has 2 rings (SSSR count). The highest BCUT2D eigenvalue weighted by molar-refractivity contribution is 7.54. The Morgan fingerprint density at radius 3 is 1.77 bits per heavy atom. The minimum absolute atomic E-state index is 0.0449. The molecule has 0 aromatic heterocycles. The van der Waals surface area contributed by atoms with Crippen molar-refractivity contribution in [2.45, 2.75) is 73.6 Å². The number of hydrogen-bond acceptors (Lipinski definition) is 10. The van der Waals surface area contributed by atoms with Crippen LogP contribution in [0.4, 0.5) is 0 Å². The van der Waals surface area contributed by atoms with Crippen LogP contribution in [-0.4, -0.2) is 55.8 Å². The Kier molecular flexibility index (Phi) is 14.0. The Hall–Kier alpha value is -3.24. The normalized spacial score (nSPS) is 12.7. The molecule has 1 unspecified atom stereocenters. The minimum atomic E-state index is -4.17. The zero-order valence-corrected chi connectivity index (χ0v) is 27.9. The maximum Gasteiger partial charge on any atom is 0.339 e. The molecule has 1 amide bonds. The molecule has 0 radical (unpaired) electrons. The Balaban J connectivity index is 2.34. The minimum Gasteiger partial charge on any atom is -0.497 e. The lowest BCUT2D eigenvalue weighted by atomic mass is 9.98. The van der Waals surface area contributed by atoms with Crippen molar-refractivity contribution in [2.24, 2.45) is 10.8 Å². The van der Waals surface area contributed by atoms with E-state index in [1.807, 2.05) is 42.5 Å². The van der Waals surface area contributed by atoms with E-state index in [1.165, 1.54) is 12.0 Å². The Morgan fingerprint density at radius 2 is 1.32 bits per heavy atom. The number of carbonyl (C=O) groups is 3. The summed E-state index contributed by atoms with van der Waals surface area (Å²) in [6, 6.07) is 16.5. The van der Waals surface area contributed by atoms with E-state index in [2.05, 4.69) is 0 Å². The molecule has 2 aromatic carbocycles. The summed E-state index contributed by atoms with van der Waals surface area (Å²) in [6.07, 6.45) is 0.296. The van der Waals surface area contributed by atoms with Gasteiger partial charge in [0, 0.05) is 13.5 Å². The highest BCUT2D eigenvalue weighted by Gasteiger charge is 2.39. The van der Waals surface area contributed by atoms with Crippen LogP contribution in [0, 0.1) is 10.8 Å². The van der Waals surface area contributed by atoms with Gasteiger partial charge < -0.3 is 14.2 Å². The molecule has 0 aliphatic heterocycles. The van der Waals surface area contributed by atoms with Gasteiger partial charge in [-0.05, 0) is 77.6 Å². The van der Waals surface area contributed by atoms with Crippen molar-refractivity contribution >= 4 is 25.4 Å². The van der Waals surface area contributed by atoms with Crippen molar-refractivity contribution in [2.75, 3.05) is 27.2 Å². The topological polar surface area (TPSA) is 127 Å². The van der Waals surface area contributed by atoms with Crippen LogP contribution in [0.5, 0.6) is 5.75 Å². The maximum atomic E-state index is 14.5. The predicted molar refractivity (Wildman–Crippen MR) is 164 cm³/mol. The second kappa shape index (κ2) is 16.7. The summed E-state index contributed by atoms with van der Waals surface area (Å²) in [7, 11) is -2.62.